The van der Waals surface area contributed by atoms with E-state index in [-0.39, 0.29) is 29.5 Å². The van der Waals surface area contributed by atoms with Crippen LogP contribution in [0, 0.1) is 0 Å². The van der Waals surface area contributed by atoms with Gasteiger partial charge in [-0.3, -0.25) is 9.10 Å². The van der Waals surface area contributed by atoms with Gasteiger partial charge in [-0.05, 0) is 48.0 Å². The normalized spacial score (nSPS) is 11.1. The maximum absolute atomic E-state index is 13.9. The summed E-state index contributed by atoms with van der Waals surface area (Å²) in [5.41, 5.74) is 1.48. The van der Waals surface area contributed by atoms with E-state index < -0.39 is 10.0 Å². The molecule has 0 radical (unpaired) electrons. The van der Waals surface area contributed by atoms with Crippen LogP contribution in [0.5, 0.6) is 5.75 Å². The smallest absolute Gasteiger partial charge is 0.264 e. The van der Waals surface area contributed by atoms with Crippen LogP contribution in [0.15, 0.2) is 107 Å². The second-order valence-corrected chi connectivity index (χ2v) is 9.80. The Labute approximate surface area is 205 Å². The summed E-state index contributed by atoms with van der Waals surface area (Å²) >= 11 is 0. The molecule has 1 heterocycles. The number of hydrogen-bond acceptors (Lipinski definition) is 5. The third kappa shape index (κ3) is 5.38. The molecule has 0 spiro atoms. The van der Waals surface area contributed by atoms with Gasteiger partial charge in [-0.25, -0.2) is 8.42 Å². The van der Waals surface area contributed by atoms with Crippen LogP contribution in [0.2, 0.25) is 0 Å². The van der Waals surface area contributed by atoms with E-state index in [1.54, 1.807) is 61.8 Å². The molecule has 0 atom stereocenters. The second-order valence-electron chi connectivity index (χ2n) is 7.94. The van der Waals surface area contributed by atoms with Gasteiger partial charge in [0.25, 0.3) is 15.9 Å². The van der Waals surface area contributed by atoms with E-state index >= 15 is 0 Å². The Hall–Kier alpha value is -4.04. The van der Waals surface area contributed by atoms with Crippen LogP contribution in [-0.4, -0.2) is 33.4 Å². The topological polar surface area (TPSA) is 80.1 Å². The minimum Gasteiger partial charge on any atom is -0.495 e. The molecule has 8 heteroatoms. The predicted molar refractivity (Wildman–Crippen MR) is 134 cm³/mol. The van der Waals surface area contributed by atoms with Crippen molar-refractivity contribution in [3.8, 4) is 5.75 Å². The number of para-hydroxylation sites is 2. The lowest BCUT2D eigenvalue weighted by atomic mass is 10.2. The number of anilines is 1. The number of amides is 1. The van der Waals surface area contributed by atoms with Gasteiger partial charge in [0.05, 0.1) is 37.0 Å². The van der Waals surface area contributed by atoms with E-state index in [0.717, 1.165) is 5.56 Å². The van der Waals surface area contributed by atoms with Crippen molar-refractivity contribution >= 4 is 21.6 Å². The van der Waals surface area contributed by atoms with Gasteiger partial charge >= 0.3 is 0 Å². The van der Waals surface area contributed by atoms with Gasteiger partial charge in [0.2, 0.25) is 0 Å². The number of ether oxygens (including phenoxy) is 1. The Morgan fingerprint density at radius 2 is 1.63 bits per heavy atom. The number of carbonyl (C=O) groups excluding carboxylic acids is 1. The molecular weight excluding hydrogens is 464 g/mol. The van der Waals surface area contributed by atoms with Gasteiger partial charge in [-0.1, -0.05) is 48.5 Å². The van der Waals surface area contributed by atoms with E-state index in [9.17, 15) is 13.2 Å². The van der Waals surface area contributed by atoms with Crippen molar-refractivity contribution in [3.05, 3.63) is 114 Å². The fourth-order valence-electron chi connectivity index (χ4n) is 3.73. The van der Waals surface area contributed by atoms with Crippen molar-refractivity contribution in [1.29, 1.82) is 0 Å². The lowest BCUT2D eigenvalue weighted by molar-refractivity contribution is 0.0775. The molecule has 180 valence electrons. The Bertz CT molecular complexity index is 1390. The first-order valence-electron chi connectivity index (χ1n) is 11.0. The highest BCUT2D eigenvalue weighted by Crippen LogP contribution is 2.34. The molecule has 1 amide bonds. The number of furan rings is 1. The van der Waals surface area contributed by atoms with E-state index in [0.29, 0.717) is 17.2 Å². The zero-order chi connectivity index (χ0) is 24.8. The highest BCUT2D eigenvalue weighted by atomic mass is 32.2. The highest BCUT2D eigenvalue weighted by molar-refractivity contribution is 7.92. The molecule has 0 saturated carbocycles. The highest BCUT2D eigenvalue weighted by Gasteiger charge is 2.28. The molecule has 0 aliphatic carbocycles. The number of rotatable bonds is 9. The van der Waals surface area contributed by atoms with Gasteiger partial charge in [0.1, 0.15) is 11.5 Å². The number of methoxy groups -OCH3 is 1. The molecule has 7 nitrogen and oxygen atoms in total. The minimum absolute atomic E-state index is 0.0107. The number of benzene rings is 3. The maximum atomic E-state index is 13.9. The molecule has 0 aliphatic rings. The van der Waals surface area contributed by atoms with E-state index in [2.05, 4.69) is 0 Å². The first-order chi connectivity index (χ1) is 16.9. The van der Waals surface area contributed by atoms with Crippen LogP contribution in [0.25, 0.3) is 0 Å². The number of hydrogen-bond donors (Lipinski definition) is 0. The van der Waals surface area contributed by atoms with Crippen molar-refractivity contribution in [3.63, 3.8) is 0 Å². The van der Waals surface area contributed by atoms with Gasteiger partial charge in [-0.2, -0.15) is 0 Å². The standard InChI is InChI=1S/C27H26N2O5S/c1-28(20-23-13-9-17-34-23)27(30)22-12-8-14-24(18-22)35(31,32)29(19-21-10-4-3-5-11-21)25-15-6-7-16-26(25)33-2/h3-18H,19-20H2,1-2H3. The lowest BCUT2D eigenvalue weighted by Gasteiger charge is -2.26. The minimum atomic E-state index is -4.05. The molecule has 0 N–H and O–H groups in total. The van der Waals surface area contributed by atoms with Crippen molar-refractivity contribution in [2.75, 3.05) is 18.5 Å². The summed E-state index contributed by atoms with van der Waals surface area (Å²) < 4.78 is 40.0. The summed E-state index contributed by atoms with van der Waals surface area (Å²) in [7, 11) is -0.911. The summed E-state index contributed by atoms with van der Waals surface area (Å²) in [6.07, 6.45) is 1.54. The largest absolute Gasteiger partial charge is 0.495 e. The molecule has 0 saturated heterocycles. The van der Waals surface area contributed by atoms with Crippen molar-refractivity contribution < 1.29 is 22.4 Å². The second kappa shape index (κ2) is 10.5. The number of carbonyl (C=O) groups is 1. The predicted octanol–water partition coefficient (Wildman–Crippen LogP) is 4.96. The monoisotopic (exact) mass is 490 g/mol. The first kappa shape index (κ1) is 24.1. The molecule has 3 aromatic carbocycles. The summed E-state index contributed by atoms with van der Waals surface area (Å²) in [5, 5.41) is 0. The molecule has 35 heavy (non-hydrogen) atoms. The van der Waals surface area contributed by atoms with Gasteiger partial charge < -0.3 is 14.1 Å². The van der Waals surface area contributed by atoms with Crippen LogP contribution in [0.4, 0.5) is 5.69 Å². The molecule has 4 rings (SSSR count). The van der Waals surface area contributed by atoms with Gasteiger partial charge in [0.15, 0.2) is 0 Å². The Balaban J connectivity index is 1.71. The number of sulfonamides is 1. The zero-order valence-electron chi connectivity index (χ0n) is 19.5. The van der Waals surface area contributed by atoms with Crippen LogP contribution >= 0.6 is 0 Å². The molecule has 0 fully saturated rings. The quantitative estimate of drug-likeness (QED) is 0.331. The molecular formula is C27H26N2O5S. The average Bonchev–Trinajstić information content (AvgIpc) is 3.40. The van der Waals surface area contributed by atoms with Crippen molar-refractivity contribution in [2.24, 2.45) is 0 Å². The maximum Gasteiger partial charge on any atom is 0.264 e. The Kier molecular flexibility index (Phi) is 7.22. The summed E-state index contributed by atoms with van der Waals surface area (Å²) in [6.45, 7) is 0.365. The Morgan fingerprint density at radius 3 is 2.34 bits per heavy atom. The van der Waals surface area contributed by atoms with Crippen LogP contribution < -0.4 is 9.04 Å². The van der Waals surface area contributed by atoms with Crippen molar-refractivity contribution in [2.45, 2.75) is 18.0 Å². The fraction of sp³-hybridized carbons (Fsp3) is 0.148. The summed E-state index contributed by atoms with van der Waals surface area (Å²) in [5.74, 6) is 0.748. The molecule has 0 aliphatic heterocycles. The van der Waals surface area contributed by atoms with Crippen LogP contribution in [0.3, 0.4) is 0 Å². The fourth-order valence-corrected chi connectivity index (χ4v) is 5.24. The van der Waals surface area contributed by atoms with E-state index in [1.807, 2.05) is 30.3 Å². The van der Waals surface area contributed by atoms with Crippen molar-refractivity contribution in [1.82, 2.24) is 4.90 Å². The SMILES string of the molecule is COc1ccccc1N(Cc1ccccc1)S(=O)(=O)c1cccc(C(=O)N(C)Cc2ccco2)c1. The van der Waals surface area contributed by atoms with Crippen LogP contribution in [0.1, 0.15) is 21.7 Å². The lowest BCUT2D eigenvalue weighted by Crippen LogP contribution is -2.31. The zero-order valence-corrected chi connectivity index (χ0v) is 20.3. The molecule has 1 aromatic heterocycles. The third-order valence-corrected chi connectivity index (χ3v) is 7.27. The average molecular weight is 491 g/mol. The molecule has 0 bridgehead atoms. The van der Waals surface area contributed by atoms with Gasteiger partial charge in [0, 0.05) is 12.6 Å². The van der Waals surface area contributed by atoms with Crippen LogP contribution in [-0.2, 0) is 23.1 Å². The molecule has 4 aromatic rings. The van der Waals surface area contributed by atoms with Gasteiger partial charge in [-0.15, -0.1) is 0 Å². The Morgan fingerprint density at radius 1 is 0.886 bits per heavy atom. The summed E-state index contributed by atoms with van der Waals surface area (Å²) in [6, 6.07) is 25.9. The van der Waals surface area contributed by atoms with E-state index in [1.165, 1.54) is 28.4 Å². The molecule has 0 unspecified atom stereocenters. The third-order valence-electron chi connectivity index (χ3n) is 5.51. The van der Waals surface area contributed by atoms with E-state index in [4.69, 9.17) is 9.15 Å². The number of nitrogens with zero attached hydrogens (tertiary/aromatic N) is 2. The first-order valence-corrected chi connectivity index (χ1v) is 12.4. The summed E-state index contributed by atoms with van der Waals surface area (Å²) in [4.78, 5) is 14.5.